The zero-order valence-corrected chi connectivity index (χ0v) is 7.12. The highest BCUT2D eigenvalue weighted by Crippen LogP contribution is 2.33. The van der Waals surface area contributed by atoms with E-state index >= 15 is 0 Å². The molecule has 0 N–H and O–H groups in total. The summed E-state index contributed by atoms with van der Waals surface area (Å²) >= 11 is 0. The summed E-state index contributed by atoms with van der Waals surface area (Å²) in [7, 11) is 0. The molecule has 1 aliphatic heterocycles. The van der Waals surface area contributed by atoms with Crippen LogP contribution in [0.2, 0.25) is 0 Å². The van der Waals surface area contributed by atoms with Crippen molar-refractivity contribution >= 4 is 0 Å². The molecule has 1 heterocycles. The summed E-state index contributed by atoms with van der Waals surface area (Å²) in [5, 5.41) is 0. The number of hydrogen-bond acceptors (Lipinski definition) is 2. The van der Waals surface area contributed by atoms with E-state index in [-0.39, 0.29) is 0 Å². The van der Waals surface area contributed by atoms with Gasteiger partial charge in [0.05, 0.1) is 5.56 Å². The second-order valence-electron chi connectivity index (χ2n) is 2.76. The normalized spacial score (nSPS) is 13.5. The van der Waals surface area contributed by atoms with Crippen LogP contribution in [0.1, 0.15) is 5.56 Å². The molecule has 0 spiro atoms. The zero-order valence-electron chi connectivity index (χ0n) is 7.12. The Morgan fingerprint density at radius 3 is 3.00 bits per heavy atom. The second-order valence-corrected chi connectivity index (χ2v) is 2.76. The first-order valence-corrected chi connectivity index (χ1v) is 4.12. The van der Waals surface area contributed by atoms with Crippen molar-refractivity contribution in [1.82, 2.24) is 0 Å². The number of ether oxygens (including phenoxy) is 2. The lowest BCUT2D eigenvalue weighted by atomic mass is 10.2. The summed E-state index contributed by atoms with van der Waals surface area (Å²) in [4.78, 5) is 3.33. The van der Waals surface area contributed by atoms with Gasteiger partial charge in [0.15, 0.2) is 11.5 Å². The lowest BCUT2D eigenvalue weighted by molar-refractivity contribution is 0.170. The van der Waals surface area contributed by atoms with Gasteiger partial charge in [0.2, 0.25) is 6.54 Å². The van der Waals surface area contributed by atoms with E-state index < -0.39 is 0 Å². The molecule has 0 fully saturated rings. The summed E-state index contributed by atoms with van der Waals surface area (Å²) in [5.41, 5.74) is 0.909. The smallest absolute Gasteiger partial charge is 0.243 e. The Morgan fingerprint density at radius 1 is 1.31 bits per heavy atom. The molecule has 0 bridgehead atoms. The van der Waals surface area contributed by atoms with Gasteiger partial charge in [-0.05, 0) is 12.1 Å². The predicted octanol–water partition coefficient (Wildman–Crippen LogP) is 1.88. The van der Waals surface area contributed by atoms with Crippen LogP contribution in [0.15, 0.2) is 18.2 Å². The van der Waals surface area contributed by atoms with Crippen molar-refractivity contribution in [2.45, 2.75) is 6.54 Å². The van der Waals surface area contributed by atoms with E-state index in [4.69, 9.17) is 16.0 Å². The van der Waals surface area contributed by atoms with Crippen molar-refractivity contribution in [3.8, 4) is 11.5 Å². The van der Waals surface area contributed by atoms with Crippen molar-refractivity contribution in [2.75, 3.05) is 13.2 Å². The summed E-state index contributed by atoms with van der Waals surface area (Å²) in [6, 6.07) is 5.64. The molecule has 1 aromatic rings. The van der Waals surface area contributed by atoms with Gasteiger partial charge in [0.25, 0.3) is 0 Å². The number of para-hydroxylation sites is 1. The molecular formula is C10H9NO2. The molecule has 13 heavy (non-hydrogen) atoms. The molecule has 0 radical (unpaired) electrons. The van der Waals surface area contributed by atoms with E-state index in [0.717, 1.165) is 17.1 Å². The minimum absolute atomic E-state index is 0.354. The van der Waals surface area contributed by atoms with Crippen molar-refractivity contribution in [3.05, 3.63) is 35.2 Å². The molecule has 0 unspecified atom stereocenters. The maximum Gasteiger partial charge on any atom is 0.243 e. The Hall–Kier alpha value is -1.69. The molecule has 0 aliphatic carbocycles. The molecule has 0 atom stereocenters. The van der Waals surface area contributed by atoms with E-state index in [1.165, 1.54) is 0 Å². The minimum atomic E-state index is 0.354. The molecule has 0 saturated heterocycles. The standard InChI is InChI=1S/C10H9NO2/c1-11-7-8-3-2-4-9-10(8)13-6-5-12-9/h2-4H,5-7H2. The van der Waals surface area contributed by atoms with E-state index in [1.807, 2.05) is 18.2 Å². The van der Waals surface area contributed by atoms with Gasteiger partial charge in [-0.1, -0.05) is 6.07 Å². The Kier molecular flexibility index (Phi) is 2.05. The maximum atomic E-state index is 6.79. The number of hydrogen-bond donors (Lipinski definition) is 0. The van der Waals surface area contributed by atoms with Crippen LogP contribution >= 0.6 is 0 Å². The molecule has 3 nitrogen and oxygen atoms in total. The van der Waals surface area contributed by atoms with Crippen LogP contribution < -0.4 is 9.47 Å². The van der Waals surface area contributed by atoms with Crippen molar-refractivity contribution in [1.29, 1.82) is 0 Å². The van der Waals surface area contributed by atoms with Crippen LogP contribution in [-0.4, -0.2) is 13.2 Å². The molecule has 0 saturated carbocycles. The first-order valence-electron chi connectivity index (χ1n) is 4.12. The monoisotopic (exact) mass is 175 g/mol. The van der Waals surface area contributed by atoms with Crippen LogP contribution in [0.25, 0.3) is 4.85 Å². The number of rotatable bonds is 1. The summed E-state index contributed by atoms with van der Waals surface area (Å²) in [5.74, 6) is 1.50. The SMILES string of the molecule is [C-]#[N+]Cc1cccc2c1OCCO2. The second kappa shape index (κ2) is 3.36. The Labute approximate surface area is 76.7 Å². The maximum absolute atomic E-state index is 6.79. The highest BCUT2D eigenvalue weighted by molar-refractivity contribution is 5.47. The molecule has 2 rings (SSSR count). The molecular weight excluding hydrogens is 166 g/mol. The summed E-state index contributed by atoms with van der Waals surface area (Å²) in [6.45, 7) is 8.30. The molecule has 1 aliphatic rings. The van der Waals surface area contributed by atoms with Gasteiger partial charge in [0, 0.05) is 0 Å². The van der Waals surface area contributed by atoms with Crippen molar-refractivity contribution in [2.24, 2.45) is 0 Å². The Bertz CT molecular complexity index is 354. The minimum Gasteiger partial charge on any atom is -0.486 e. The lowest BCUT2D eigenvalue weighted by Crippen LogP contribution is -2.16. The van der Waals surface area contributed by atoms with Gasteiger partial charge in [-0.15, -0.1) is 0 Å². The van der Waals surface area contributed by atoms with Gasteiger partial charge >= 0.3 is 0 Å². The molecule has 3 heteroatoms. The zero-order chi connectivity index (χ0) is 9.10. The third-order valence-corrected chi connectivity index (χ3v) is 1.90. The average Bonchev–Trinajstić information content (AvgIpc) is 2.19. The quantitative estimate of drug-likeness (QED) is 0.608. The predicted molar refractivity (Wildman–Crippen MR) is 47.7 cm³/mol. The number of nitrogens with zero attached hydrogens (tertiary/aromatic N) is 1. The van der Waals surface area contributed by atoms with Crippen LogP contribution in [0.5, 0.6) is 11.5 Å². The van der Waals surface area contributed by atoms with Crippen LogP contribution in [0, 0.1) is 6.57 Å². The highest BCUT2D eigenvalue weighted by atomic mass is 16.6. The third kappa shape index (κ3) is 1.43. The van der Waals surface area contributed by atoms with E-state index in [2.05, 4.69) is 4.85 Å². The van der Waals surface area contributed by atoms with Crippen LogP contribution in [0.3, 0.4) is 0 Å². The lowest BCUT2D eigenvalue weighted by Gasteiger charge is -2.19. The van der Waals surface area contributed by atoms with Gasteiger partial charge in [-0.25, -0.2) is 6.57 Å². The Morgan fingerprint density at radius 2 is 2.15 bits per heavy atom. The summed E-state index contributed by atoms with van der Waals surface area (Å²) in [6.07, 6.45) is 0. The fourth-order valence-corrected chi connectivity index (χ4v) is 1.34. The summed E-state index contributed by atoms with van der Waals surface area (Å²) < 4.78 is 10.8. The van der Waals surface area contributed by atoms with E-state index in [9.17, 15) is 0 Å². The van der Waals surface area contributed by atoms with Crippen LogP contribution in [-0.2, 0) is 6.54 Å². The first kappa shape index (κ1) is 7.93. The van der Waals surface area contributed by atoms with Gasteiger partial charge in [-0.2, -0.15) is 0 Å². The molecule has 0 aromatic heterocycles. The fraction of sp³-hybridized carbons (Fsp3) is 0.300. The van der Waals surface area contributed by atoms with Crippen molar-refractivity contribution in [3.63, 3.8) is 0 Å². The average molecular weight is 175 g/mol. The largest absolute Gasteiger partial charge is 0.486 e. The van der Waals surface area contributed by atoms with Crippen LogP contribution in [0.4, 0.5) is 0 Å². The van der Waals surface area contributed by atoms with Gasteiger partial charge in [-0.3, -0.25) is 0 Å². The Balaban J connectivity index is 2.41. The topological polar surface area (TPSA) is 22.8 Å². The first-order chi connectivity index (χ1) is 6.42. The highest BCUT2D eigenvalue weighted by Gasteiger charge is 2.16. The van der Waals surface area contributed by atoms with Gasteiger partial charge in [0.1, 0.15) is 13.2 Å². The van der Waals surface area contributed by atoms with Crippen molar-refractivity contribution < 1.29 is 9.47 Å². The fourth-order valence-electron chi connectivity index (χ4n) is 1.34. The number of fused-ring (bicyclic) bond motifs is 1. The number of benzene rings is 1. The molecule has 66 valence electrons. The third-order valence-electron chi connectivity index (χ3n) is 1.90. The molecule has 0 amide bonds. The van der Waals surface area contributed by atoms with E-state index in [0.29, 0.717) is 19.8 Å². The van der Waals surface area contributed by atoms with E-state index in [1.54, 1.807) is 0 Å². The van der Waals surface area contributed by atoms with Gasteiger partial charge < -0.3 is 14.3 Å². The molecule has 1 aromatic carbocycles.